The average Bonchev–Trinajstić information content (AvgIpc) is 2.77. The van der Waals surface area contributed by atoms with Crippen LogP contribution in [0.4, 0.5) is 10.1 Å². The number of para-hydroxylation sites is 2. The van der Waals surface area contributed by atoms with E-state index < -0.39 is 0 Å². The van der Waals surface area contributed by atoms with Crippen LogP contribution in [-0.4, -0.2) is 9.55 Å². The second-order valence-corrected chi connectivity index (χ2v) is 5.41. The Morgan fingerprint density at radius 1 is 1.25 bits per heavy atom. The lowest BCUT2D eigenvalue weighted by molar-refractivity contribution is 0.621. The topological polar surface area (TPSA) is 29.9 Å². The molecule has 102 valence electrons. The van der Waals surface area contributed by atoms with Crippen LogP contribution < -0.4 is 5.32 Å². The molecule has 0 aliphatic heterocycles. The number of hydrogen-bond acceptors (Lipinski definition) is 2. The molecule has 3 aromatic rings. The smallest absolute Gasteiger partial charge is 0.139 e. The normalized spacial score (nSPS) is 10.9. The summed E-state index contributed by atoms with van der Waals surface area (Å²) in [6.45, 7) is 0.548. The summed E-state index contributed by atoms with van der Waals surface area (Å²) in [7, 11) is 1.98. The van der Waals surface area contributed by atoms with Crippen LogP contribution in [0.3, 0.4) is 0 Å². The lowest BCUT2D eigenvalue weighted by Gasteiger charge is -2.07. The molecule has 0 aliphatic carbocycles. The summed E-state index contributed by atoms with van der Waals surface area (Å²) in [6.07, 6.45) is 0. The van der Waals surface area contributed by atoms with Gasteiger partial charge in [-0.15, -0.1) is 0 Å². The summed E-state index contributed by atoms with van der Waals surface area (Å²) in [5.74, 6) is 0.634. The third kappa shape index (κ3) is 2.41. The predicted molar refractivity (Wildman–Crippen MR) is 82.1 cm³/mol. The van der Waals surface area contributed by atoms with E-state index in [0.717, 1.165) is 22.5 Å². The number of imidazole rings is 1. The molecule has 0 saturated carbocycles. The van der Waals surface area contributed by atoms with E-state index in [9.17, 15) is 4.39 Å². The van der Waals surface area contributed by atoms with Crippen LogP contribution in [0.15, 0.2) is 46.9 Å². The summed E-state index contributed by atoms with van der Waals surface area (Å²) in [4.78, 5) is 4.56. The first-order valence-electron chi connectivity index (χ1n) is 6.24. The van der Waals surface area contributed by atoms with Gasteiger partial charge in [0, 0.05) is 12.7 Å². The molecule has 3 nitrogen and oxygen atoms in total. The predicted octanol–water partition coefficient (Wildman–Crippen LogP) is 4.09. The highest BCUT2D eigenvalue weighted by molar-refractivity contribution is 9.10. The van der Waals surface area contributed by atoms with Gasteiger partial charge in [0.2, 0.25) is 0 Å². The highest BCUT2D eigenvalue weighted by Crippen LogP contribution is 2.20. The Bertz CT molecular complexity index is 767. The van der Waals surface area contributed by atoms with Gasteiger partial charge in [0.05, 0.1) is 22.1 Å². The van der Waals surface area contributed by atoms with Crippen molar-refractivity contribution in [3.63, 3.8) is 0 Å². The van der Waals surface area contributed by atoms with E-state index in [1.54, 1.807) is 6.07 Å². The van der Waals surface area contributed by atoms with Gasteiger partial charge in [-0.2, -0.15) is 0 Å². The van der Waals surface area contributed by atoms with Crippen LogP contribution in [0, 0.1) is 5.82 Å². The van der Waals surface area contributed by atoms with Crippen molar-refractivity contribution in [1.82, 2.24) is 9.55 Å². The van der Waals surface area contributed by atoms with Gasteiger partial charge in [0.15, 0.2) is 0 Å². The van der Waals surface area contributed by atoms with E-state index in [1.807, 2.05) is 41.9 Å². The number of halogens is 2. The summed E-state index contributed by atoms with van der Waals surface area (Å²) in [6, 6.07) is 13.0. The van der Waals surface area contributed by atoms with Crippen LogP contribution in [0.1, 0.15) is 5.82 Å². The number of nitrogens with zero attached hydrogens (tertiary/aromatic N) is 2. The Morgan fingerprint density at radius 3 is 2.80 bits per heavy atom. The largest absolute Gasteiger partial charge is 0.378 e. The van der Waals surface area contributed by atoms with Gasteiger partial charge < -0.3 is 9.88 Å². The minimum Gasteiger partial charge on any atom is -0.378 e. The van der Waals surface area contributed by atoms with Gasteiger partial charge in [-0.25, -0.2) is 9.37 Å². The van der Waals surface area contributed by atoms with Crippen LogP contribution in [0.5, 0.6) is 0 Å². The fourth-order valence-electron chi connectivity index (χ4n) is 2.14. The van der Waals surface area contributed by atoms with E-state index in [0.29, 0.717) is 11.0 Å². The molecule has 0 fully saturated rings. The third-order valence-corrected chi connectivity index (χ3v) is 3.89. The number of benzene rings is 2. The second-order valence-electron chi connectivity index (χ2n) is 4.56. The molecule has 0 atom stereocenters. The lowest BCUT2D eigenvalue weighted by atomic mass is 10.3. The van der Waals surface area contributed by atoms with Crippen molar-refractivity contribution in [2.45, 2.75) is 6.54 Å². The Balaban J connectivity index is 1.83. The van der Waals surface area contributed by atoms with Gasteiger partial charge in [0.25, 0.3) is 0 Å². The molecule has 5 heteroatoms. The van der Waals surface area contributed by atoms with Crippen molar-refractivity contribution < 1.29 is 4.39 Å². The molecule has 0 saturated heterocycles. The number of hydrogen-bond donors (Lipinski definition) is 1. The first-order valence-corrected chi connectivity index (χ1v) is 7.04. The van der Waals surface area contributed by atoms with Crippen LogP contribution in [-0.2, 0) is 13.6 Å². The minimum atomic E-state index is -0.278. The van der Waals surface area contributed by atoms with Crippen molar-refractivity contribution in [3.8, 4) is 0 Å². The van der Waals surface area contributed by atoms with Crippen LogP contribution >= 0.6 is 15.9 Å². The molecule has 0 unspecified atom stereocenters. The molecule has 0 radical (unpaired) electrons. The van der Waals surface area contributed by atoms with Crippen molar-refractivity contribution >= 4 is 32.7 Å². The maximum atomic E-state index is 13.4. The van der Waals surface area contributed by atoms with Crippen molar-refractivity contribution in [2.24, 2.45) is 7.05 Å². The van der Waals surface area contributed by atoms with Gasteiger partial charge in [-0.05, 0) is 46.3 Å². The molecule has 0 aliphatic rings. The summed E-state index contributed by atoms with van der Waals surface area (Å²) in [5, 5.41) is 3.19. The number of fused-ring (bicyclic) bond motifs is 1. The van der Waals surface area contributed by atoms with Gasteiger partial charge >= 0.3 is 0 Å². The lowest BCUT2D eigenvalue weighted by Crippen LogP contribution is -2.06. The molecule has 0 amide bonds. The molecule has 1 N–H and O–H groups in total. The molecule has 3 rings (SSSR count). The van der Waals surface area contributed by atoms with Crippen molar-refractivity contribution in [1.29, 1.82) is 0 Å². The third-order valence-electron chi connectivity index (χ3n) is 3.25. The zero-order chi connectivity index (χ0) is 14.1. The van der Waals surface area contributed by atoms with E-state index in [1.165, 1.54) is 6.07 Å². The summed E-state index contributed by atoms with van der Waals surface area (Å²) >= 11 is 3.14. The maximum absolute atomic E-state index is 13.4. The molecule has 1 aromatic heterocycles. The molecule has 0 bridgehead atoms. The molecule has 20 heavy (non-hydrogen) atoms. The van der Waals surface area contributed by atoms with Crippen molar-refractivity contribution in [3.05, 3.63) is 58.6 Å². The first-order chi connectivity index (χ1) is 9.65. The number of aromatic nitrogens is 2. The summed E-state index contributed by atoms with van der Waals surface area (Å²) < 4.78 is 15.9. The van der Waals surface area contributed by atoms with E-state index in [4.69, 9.17) is 0 Å². The highest BCUT2D eigenvalue weighted by Gasteiger charge is 2.07. The van der Waals surface area contributed by atoms with Gasteiger partial charge in [-0.1, -0.05) is 12.1 Å². The fourth-order valence-corrected chi connectivity index (χ4v) is 2.39. The van der Waals surface area contributed by atoms with E-state index >= 15 is 0 Å². The monoisotopic (exact) mass is 333 g/mol. The average molecular weight is 334 g/mol. The Morgan fingerprint density at radius 2 is 2.05 bits per heavy atom. The zero-order valence-electron chi connectivity index (χ0n) is 10.9. The molecule has 0 spiro atoms. The molecule has 1 heterocycles. The minimum absolute atomic E-state index is 0.278. The number of nitrogens with one attached hydrogen (secondary N) is 1. The Kier molecular flexibility index (Phi) is 3.44. The van der Waals surface area contributed by atoms with Crippen LogP contribution in [0.2, 0.25) is 0 Å². The van der Waals surface area contributed by atoms with Gasteiger partial charge in [-0.3, -0.25) is 0 Å². The number of rotatable bonds is 3. The van der Waals surface area contributed by atoms with Crippen molar-refractivity contribution in [2.75, 3.05) is 5.32 Å². The second kappa shape index (κ2) is 5.25. The zero-order valence-corrected chi connectivity index (χ0v) is 12.5. The number of aryl methyl sites for hydroxylation is 1. The quantitative estimate of drug-likeness (QED) is 0.782. The Hall–Kier alpha value is -1.88. The fraction of sp³-hybridized carbons (Fsp3) is 0.133. The van der Waals surface area contributed by atoms with Gasteiger partial charge in [0.1, 0.15) is 11.6 Å². The standard InChI is InChI=1S/C15H13BrFN3/c1-20-14-5-3-2-4-13(14)19-15(20)9-18-10-6-7-11(16)12(17)8-10/h2-8,18H,9H2,1H3. The molecule has 2 aromatic carbocycles. The number of anilines is 1. The van der Waals surface area contributed by atoms with E-state index in [-0.39, 0.29) is 5.82 Å². The maximum Gasteiger partial charge on any atom is 0.139 e. The van der Waals surface area contributed by atoms with E-state index in [2.05, 4.69) is 26.2 Å². The summed E-state index contributed by atoms with van der Waals surface area (Å²) in [5.41, 5.74) is 2.79. The highest BCUT2D eigenvalue weighted by atomic mass is 79.9. The first kappa shape index (κ1) is 13.1. The Labute approximate surface area is 124 Å². The van der Waals surface area contributed by atoms with Crippen LogP contribution in [0.25, 0.3) is 11.0 Å². The molecular formula is C15H13BrFN3. The molecular weight excluding hydrogens is 321 g/mol. The SMILES string of the molecule is Cn1c(CNc2ccc(Br)c(F)c2)nc2ccccc21.